The summed E-state index contributed by atoms with van der Waals surface area (Å²) in [7, 11) is 0. The highest BCUT2D eigenvalue weighted by Crippen LogP contribution is 2.41. The van der Waals surface area contributed by atoms with E-state index in [-0.39, 0.29) is 17.5 Å². The lowest BCUT2D eigenvalue weighted by molar-refractivity contribution is 0.0187. The van der Waals surface area contributed by atoms with Crippen LogP contribution >= 0.6 is 15.9 Å². The molecule has 0 radical (unpaired) electrons. The third-order valence-corrected chi connectivity index (χ3v) is 6.89. The second-order valence-electron chi connectivity index (χ2n) is 8.13. The largest absolute Gasteiger partial charge is 0.487 e. The van der Waals surface area contributed by atoms with E-state index >= 15 is 0 Å². The zero-order valence-electron chi connectivity index (χ0n) is 15.7. The van der Waals surface area contributed by atoms with Gasteiger partial charge in [0.05, 0.1) is 10.5 Å². The summed E-state index contributed by atoms with van der Waals surface area (Å²) >= 11 is 3.27. The fourth-order valence-electron chi connectivity index (χ4n) is 4.67. The van der Waals surface area contributed by atoms with Gasteiger partial charge in [-0.15, -0.1) is 5.48 Å². The van der Waals surface area contributed by atoms with Crippen LogP contribution in [0.25, 0.3) is 0 Å². The van der Waals surface area contributed by atoms with Gasteiger partial charge in [0.25, 0.3) is 0 Å². The van der Waals surface area contributed by atoms with Gasteiger partial charge in [0.15, 0.2) is 5.75 Å². The average molecular weight is 447 g/mol. The third kappa shape index (κ3) is 3.42. The normalized spacial score (nSPS) is 22.6. The molecule has 1 N–H and O–H groups in total. The Morgan fingerprint density at radius 1 is 1.18 bits per heavy atom. The van der Waals surface area contributed by atoms with Gasteiger partial charge >= 0.3 is 0 Å². The van der Waals surface area contributed by atoms with E-state index in [4.69, 9.17) is 9.57 Å². The van der Waals surface area contributed by atoms with E-state index in [0.717, 1.165) is 63.1 Å². The van der Waals surface area contributed by atoms with Gasteiger partial charge in [-0.25, -0.2) is 4.39 Å². The molecule has 1 saturated heterocycles. The minimum Gasteiger partial charge on any atom is -0.487 e. The first-order chi connectivity index (χ1) is 13.6. The minimum atomic E-state index is -0.292. The first-order valence-corrected chi connectivity index (χ1v) is 10.8. The quantitative estimate of drug-likeness (QED) is 0.732. The summed E-state index contributed by atoms with van der Waals surface area (Å²) in [6, 6.07) is 11.8. The molecule has 4 nitrogen and oxygen atoms in total. The van der Waals surface area contributed by atoms with Crippen LogP contribution in [0.1, 0.15) is 42.9 Å². The molecule has 0 amide bonds. The van der Waals surface area contributed by atoms with Crippen molar-refractivity contribution in [2.24, 2.45) is 0 Å². The summed E-state index contributed by atoms with van der Waals surface area (Å²) in [4.78, 5) is 7.98. The molecule has 2 aromatic rings. The van der Waals surface area contributed by atoms with Crippen LogP contribution in [0.15, 0.2) is 40.9 Å². The highest BCUT2D eigenvalue weighted by Gasteiger charge is 2.41. The smallest absolute Gasteiger partial charge is 0.155 e. The Morgan fingerprint density at radius 2 is 2.00 bits per heavy atom. The fraction of sp³-hybridized carbons (Fsp3) is 0.455. The number of benzene rings is 2. The molecular formula is C22H24BrFN2O2. The van der Waals surface area contributed by atoms with Crippen molar-refractivity contribution in [3.05, 3.63) is 57.8 Å². The maximum atomic E-state index is 13.6. The van der Waals surface area contributed by atoms with Crippen molar-refractivity contribution < 1.29 is 14.0 Å². The van der Waals surface area contributed by atoms with Gasteiger partial charge in [0.2, 0.25) is 0 Å². The number of piperidine rings is 1. The summed E-state index contributed by atoms with van der Waals surface area (Å²) < 4.78 is 20.5. The van der Waals surface area contributed by atoms with Crippen molar-refractivity contribution >= 4 is 15.9 Å². The monoisotopic (exact) mass is 446 g/mol. The van der Waals surface area contributed by atoms with E-state index in [0.29, 0.717) is 10.2 Å². The maximum Gasteiger partial charge on any atom is 0.155 e. The molecule has 148 valence electrons. The predicted octanol–water partition coefficient (Wildman–Crippen LogP) is 4.78. The lowest BCUT2D eigenvalue weighted by Crippen LogP contribution is -2.47. The van der Waals surface area contributed by atoms with Gasteiger partial charge in [-0.3, -0.25) is 0 Å². The van der Waals surface area contributed by atoms with Gasteiger partial charge in [-0.2, -0.15) is 0 Å². The first-order valence-electron chi connectivity index (χ1n) is 10.0. The highest BCUT2D eigenvalue weighted by molar-refractivity contribution is 9.10. The van der Waals surface area contributed by atoms with E-state index in [1.165, 1.54) is 11.6 Å². The SMILES string of the molecule is Fc1cc2c(cc1Br)C(CCCN1CCC3(CC1)Cc1ccccc1O3)NO2. The van der Waals surface area contributed by atoms with Crippen LogP contribution in [-0.2, 0) is 6.42 Å². The van der Waals surface area contributed by atoms with Crippen LogP contribution in [0.3, 0.4) is 0 Å². The van der Waals surface area contributed by atoms with Crippen LogP contribution in [0.2, 0.25) is 0 Å². The summed E-state index contributed by atoms with van der Waals surface area (Å²) in [5.74, 6) is 1.38. The summed E-state index contributed by atoms with van der Waals surface area (Å²) in [6.45, 7) is 3.23. The van der Waals surface area contributed by atoms with Crippen molar-refractivity contribution in [3.8, 4) is 11.5 Å². The van der Waals surface area contributed by atoms with Crippen LogP contribution < -0.4 is 15.1 Å². The maximum absolute atomic E-state index is 13.6. The van der Waals surface area contributed by atoms with E-state index in [1.54, 1.807) is 0 Å². The zero-order valence-corrected chi connectivity index (χ0v) is 17.3. The van der Waals surface area contributed by atoms with Gasteiger partial charge in [-0.05, 0) is 53.0 Å². The number of nitrogens with zero attached hydrogens (tertiary/aromatic N) is 1. The number of rotatable bonds is 4. The average Bonchev–Trinajstić information content (AvgIpc) is 3.25. The molecular weight excluding hydrogens is 423 g/mol. The van der Waals surface area contributed by atoms with Gasteiger partial charge < -0.3 is 14.5 Å². The van der Waals surface area contributed by atoms with Crippen molar-refractivity contribution in [2.45, 2.75) is 43.7 Å². The molecule has 0 aliphatic carbocycles. The molecule has 2 aromatic carbocycles. The standard InChI is InChI=1S/C22H24BrFN2O2/c23-17-12-16-19(25-28-21(16)13-18(17)24)5-3-9-26-10-7-22(8-11-26)14-15-4-1-2-6-20(15)27-22/h1-2,4,6,12-13,19,25H,3,5,7-11,14H2. The van der Waals surface area contributed by atoms with E-state index in [9.17, 15) is 4.39 Å². The number of para-hydroxylation sites is 1. The Morgan fingerprint density at radius 3 is 2.82 bits per heavy atom. The molecule has 5 rings (SSSR count). The number of hydrogen-bond donors (Lipinski definition) is 1. The van der Waals surface area contributed by atoms with E-state index in [1.807, 2.05) is 6.07 Å². The molecule has 3 aliphatic heterocycles. The van der Waals surface area contributed by atoms with Crippen molar-refractivity contribution in [1.29, 1.82) is 0 Å². The van der Waals surface area contributed by atoms with Crippen LogP contribution in [0, 0.1) is 5.82 Å². The number of nitrogens with one attached hydrogen (secondary N) is 1. The van der Waals surface area contributed by atoms with E-state index in [2.05, 4.69) is 50.6 Å². The second kappa shape index (κ2) is 7.32. The summed E-state index contributed by atoms with van der Waals surface area (Å²) in [5.41, 5.74) is 5.43. The number of ether oxygens (including phenoxy) is 1. The van der Waals surface area contributed by atoms with E-state index < -0.39 is 0 Å². The number of hydroxylamine groups is 1. The van der Waals surface area contributed by atoms with Crippen LogP contribution in [0.5, 0.6) is 11.5 Å². The van der Waals surface area contributed by atoms with Gasteiger partial charge in [-0.1, -0.05) is 18.2 Å². The Kier molecular flexibility index (Phi) is 4.81. The number of fused-ring (bicyclic) bond motifs is 2. The summed E-state index contributed by atoms with van der Waals surface area (Å²) in [5, 5.41) is 0. The number of likely N-dealkylation sites (tertiary alicyclic amines) is 1. The Labute approximate surface area is 173 Å². The Bertz CT molecular complexity index is 856. The molecule has 1 fully saturated rings. The second-order valence-corrected chi connectivity index (χ2v) is 8.98. The molecule has 3 aliphatic rings. The van der Waals surface area contributed by atoms with Crippen molar-refractivity contribution in [2.75, 3.05) is 19.6 Å². The molecule has 1 unspecified atom stereocenters. The predicted molar refractivity (Wildman–Crippen MR) is 109 cm³/mol. The van der Waals surface area contributed by atoms with Crippen molar-refractivity contribution in [1.82, 2.24) is 10.4 Å². The van der Waals surface area contributed by atoms with Crippen molar-refractivity contribution in [3.63, 3.8) is 0 Å². The molecule has 1 atom stereocenters. The Hall–Kier alpha value is -1.63. The number of hydrogen-bond acceptors (Lipinski definition) is 4. The molecule has 3 heterocycles. The van der Waals surface area contributed by atoms with Crippen LogP contribution in [0.4, 0.5) is 4.39 Å². The summed E-state index contributed by atoms with van der Waals surface area (Å²) in [6.07, 6.45) is 5.25. The fourth-order valence-corrected chi connectivity index (χ4v) is 5.03. The molecule has 0 aromatic heterocycles. The Balaban J connectivity index is 1.11. The molecule has 28 heavy (non-hydrogen) atoms. The lowest BCUT2D eigenvalue weighted by atomic mass is 9.87. The molecule has 6 heteroatoms. The topological polar surface area (TPSA) is 33.7 Å². The van der Waals surface area contributed by atoms with Gasteiger partial charge in [0.1, 0.15) is 17.2 Å². The lowest BCUT2D eigenvalue weighted by Gasteiger charge is -2.38. The van der Waals surface area contributed by atoms with Gasteiger partial charge in [0, 0.05) is 44.0 Å². The molecule has 0 bridgehead atoms. The minimum absolute atomic E-state index is 0.0102. The molecule has 1 spiro atoms. The zero-order chi connectivity index (χ0) is 19.1. The molecule has 0 saturated carbocycles. The van der Waals surface area contributed by atoms with Crippen LogP contribution in [-0.4, -0.2) is 30.1 Å². The third-order valence-electron chi connectivity index (χ3n) is 6.29. The highest BCUT2D eigenvalue weighted by atomic mass is 79.9. The first kappa shape index (κ1) is 18.4. The number of halogens is 2.